The zero-order chi connectivity index (χ0) is 12.7. The molecular weight excluding hydrogens is 212 g/mol. The lowest BCUT2D eigenvalue weighted by atomic mass is 10.2. The van der Waals surface area contributed by atoms with Crippen LogP contribution < -0.4 is 5.32 Å². The Hall–Kier alpha value is -1.51. The van der Waals surface area contributed by atoms with Gasteiger partial charge >= 0.3 is 0 Å². The van der Waals surface area contributed by atoms with E-state index in [0.717, 1.165) is 18.7 Å². The molecule has 0 radical (unpaired) electrons. The van der Waals surface area contributed by atoms with Crippen molar-refractivity contribution in [3.8, 4) is 0 Å². The summed E-state index contributed by atoms with van der Waals surface area (Å²) in [4.78, 5) is 13.9. The Bertz CT molecular complexity index is 337. The van der Waals surface area contributed by atoms with Gasteiger partial charge in [-0.05, 0) is 32.4 Å². The fraction of sp³-hybridized carbons (Fsp3) is 0.500. The van der Waals surface area contributed by atoms with E-state index in [-0.39, 0.29) is 5.91 Å². The SMILES string of the molecule is CCC(C)N(CC)C(=O)CNc1ccccc1. The molecule has 0 aromatic heterocycles. The number of hydrogen-bond acceptors (Lipinski definition) is 2. The summed E-state index contributed by atoms with van der Waals surface area (Å²) < 4.78 is 0. The molecule has 0 bridgehead atoms. The Kier molecular flexibility index (Phi) is 5.53. The van der Waals surface area contributed by atoms with Gasteiger partial charge in [0.15, 0.2) is 0 Å². The van der Waals surface area contributed by atoms with E-state index < -0.39 is 0 Å². The molecule has 1 atom stereocenters. The molecule has 0 aliphatic heterocycles. The molecule has 0 heterocycles. The summed E-state index contributed by atoms with van der Waals surface area (Å²) in [6.45, 7) is 7.34. The van der Waals surface area contributed by atoms with Crippen LogP contribution in [0.1, 0.15) is 27.2 Å². The second-order valence-electron chi connectivity index (χ2n) is 4.16. The molecule has 0 fully saturated rings. The average Bonchev–Trinajstić information content (AvgIpc) is 2.38. The van der Waals surface area contributed by atoms with Gasteiger partial charge in [-0.3, -0.25) is 4.79 Å². The van der Waals surface area contributed by atoms with Gasteiger partial charge in [0.05, 0.1) is 6.54 Å². The lowest BCUT2D eigenvalue weighted by Gasteiger charge is -2.27. The van der Waals surface area contributed by atoms with Crippen LogP contribution in [0.2, 0.25) is 0 Å². The monoisotopic (exact) mass is 234 g/mol. The molecule has 0 aliphatic carbocycles. The smallest absolute Gasteiger partial charge is 0.242 e. The van der Waals surface area contributed by atoms with Gasteiger partial charge in [0, 0.05) is 18.3 Å². The number of likely N-dealkylation sites (N-methyl/N-ethyl adjacent to an activating group) is 1. The van der Waals surface area contributed by atoms with Gasteiger partial charge in [-0.15, -0.1) is 0 Å². The molecule has 0 saturated heterocycles. The predicted molar refractivity (Wildman–Crippen MR) is 72.1 cm³/mol. The van der Waals surface area contributed by atoms with E-state index in [1.165, 1.54) is 0 Å². The molecule has 3 heteroatoms. The molecular formula is C14H22N2O. The zero-order valence-corrected chi connectivity index (χ0v) is 10.9. The third kappa shape index (κ3) is 4.10. The van der Waals surface area contributed by atoms with Gasteiger partial charge in [-0.25, -0.2) is 0 Å². The van der Waals surface area contributed by atoms with Crippen molar-refractivity contribution in [2.75, 3.05) is 18.4 Å². The van der Waals surface area contributed by atoms with E-state index in [9.17, 15) is 4.79 Å². The van der Waals surface area contributed by atoms with Crippen molar-refractivity contribution in [1.82, 2.24) is 4.90 Å². The van der Waals surface area contributed by atoms with Gasteiger partial charge in [-0.1, -0.05) is 25.1 Å². The number of amides is 1. The van der Waals surface area contributed by atoms with Crippen LogP contribution in [0.25, 0.3) is 0 Å². The van der Waals surface area contributed by atoms with Gasteiger partial charge in [0.2, 0.25) is 5.91 Å². The van der Waals surface area contributed by atoms with Crippen LogP contribution in [-0.4, -0.2) is 29.9 Å². The van der Waals surface area contributed by atoms with Gasteiger partial charge < -0.3 is 10.2 Å². The number of benzene rings is 1. The highest BCUT2D eigenvalue weighted by atomic mass is 16.2. The summed E-state index contributed by atoms with van der Waals surface area (Å²) in [5.74, 6) is 0.158. The lowest BCUT2D eigenvalue weighted by molar-refractivity contribution is -0.131. The molecule has 94 valence electrons. The Balaban J connectivity index is 2.48. The number of anilines is 1. The molecule has 0 spiro atoms. The summed E-state index contributed by atoms with van der Waals surface area (Å²) in [6.07, 6.45) is 0.991. The van der Waals surface area contributed by atoms with Crippen molar-refractivity contribution in [1.29, 1.82) is 0 Å². The van der Waals surface area contributed by atoms with E-state index in [2.05, 4.69) is 19.2 Å². The first-order valence-corrected chi connectivity index (χ1v) is 6.27. The quantitative estimate of drug-likeness (QED) is 0.821. The maximum atomic E-state index is 12.0. The third-order valence-corrected chi connectivity index (χ3v) is 3.00. The summed E-state index contributed by atoms with van der Waals surface area (Å²) in [5.41, 5.74) is 0.987. The molecule has 3 nitrogen and oxygen atoms in total. The molecule has 1 N–H and O–H groups in total. The van der Waals surface area contributed by atoms with Crippen LogP contribution in [0.5, 0.6) is 0 Å². The number of rotatable bonds is 6. The second kappa shape index (κ2) is 6.94. The van der Waals surface area contributed by atoms with Crippen LogP contribution in [0.15, 0.2) is 30.3 Å². The first-order valence-electron chi connectivity index (χ1n) is 6.27. The molecule has 1 unspecified atom stereocenters. The fourth-order valence-corrected chi connectivity index (χ4v) is 1.79. The van der Waals surface area contributed by atoms with E-state index in [0.29, 0.717) is 12.6 Å². The fourth-order valence-electron chi connectivity index (χ4n) is 1.79. The van der Waals surface area contributed by atoms with Crippen molar-refractivity contribution in [2.45, 2.75) is 33.2 Å². The first kappa shape index (κ1) is 13.6. The minimum absolute atomic E-state index is 0.158. The summed E-state index contributed by atoms with van der Waals surface area (Å²) in [6, 6.07) is 10.1. The largest absolute Gasteiger partial charge is 0.376 e. The number of nitrogens with one attached hydrogen (secondary N) is 1. The van der Waals surface area contributed by atoms with Crippen molar-refractivity contribution in [3.63, 3.8) is 0 Å². The summed E-state index contributed by atoms with van der Waals surface area (Å²) in [7, 11) is 0. The molecule has 0 aliphatic rings. The number of carbonyl (C=O) groups excluding carboxylic acids is 1. The Morgan fingerprint density at radius 3 is 2.47 bits per heavy atom. The van der Waals surface area contributed by atoms with Crippen molar-refractivity contribution in [3.05, 3.63) is 30.3 Å². The topological polar surface area (TPSA) is 32.3 Å². The highest BCUT2D eigenvalue weighted by molar-refractivity contribution is 5.81. The number of nitrogens with zero attached hydrogens (tertiary/aromatic N) is 1. The van der Waals surface area contributed by atoms with Gasteiger partial charge in [0.25, 0.3) is 0 Å². The normalized spacial score (nSPS) is 11.9. The summed E-state index contributed by atoms with van der Waals surface area (Å²) in [5, 5.41) is 3.15. The first-order chi connectivity index (χ1) is 8.19. The van der Waals surface area contributed by atoms with Crippen molar-refractivity contribution in [2.24, 2.45) is 0 Å². The average molecular weight is 234 g/mol. The predicted octanol–water partition coefficient (Wildman–Crippen LogP) is 2.75. The summed E-state index contributed by atoms with van der Waals surface area (Å²) >= 11 is 0. The van der Waals surface area contributed by atoms with E-state index >= 15 is 0 Å². The van der Waals surface area contributed by atoms with Gasteiger partial charge in [-0.2, -0.15) is 0 Å². The molecule has 0 saturated carbocycles. The maximum Gasteiger partial charge on any atom is 0.242 e. The molecule has 17 heavy (non-hydrogen) atoms. The Morgan fingerprint density at radius 2 is 1.94 bits per heavy atom. The standard InChI is InChI=1S/C14H22N2O/c1-4-12(3)16(5-2)14(17)11-15-13-9-7-6-8-10-13/h6-10,12,15H,4-5,11H2,1-3H3. The zero-order valence-electron chi connectivity index (χ0n) is 10.9. The minimum Gasteiger partial charge on any atom is -0.376 e. The molecule has 1 amide bonds. The van der Waals surface area contributed by atoms with Crippen LogP contribution in [-0.2, 0) is 4.79 Å². The van der Waals surface area contributed by atoms with E-state index in [1.54, 1.807) is 0 Å². The minimum atomic E-state index is 0.158. The van der Waals surface area contributed by atoms with Crippen LogP contribution in [0, 0.1) is 0 Å². The second-order valence-corrected chi connectivity index (χ2v) is 4.16. The van der Waals surface area contributed by atoms with Gasteiger partial charge in [0.1, 0.15) is 0 Å². The van der Waals surface area contributed by atoms with Crippen LogP contribution in [0.3, 0.4) is 0 Å². The van der Waals surface area contributed by atoms with E-state index in [4.69, 9.17) is 0 Å². The molecule has 1 rings (SSSR count). The number of para-hydroxylation sites is 1. The van der Waals surface area contributed by atoms with Crippen molar-refractivity contribution < 1.29 is 4.79 Å². The number of hydrogen-bond donors (Lipinski definition) is 1. The van der Waals surface area contributed by atoms with E-state index in [1.807, 2.05) is 42.2 Å². The highest BCUT2D eigenvalue weighted by Crippen LogP contribution is 2.07. The maximum absolute atomic E-state index is 12.0. The van der Waals surface area contributed by atoms with Crippen molar-refractivity contribution >= 4 is 11.6 Å². The third-order valence-electron chi connectivity index (χ3n) is 3.00. The van der Waals surface area contributed by atoms with Crippen LogP contribution in [0.4, 0.5) is 5.69 Å². The lowest BCUT2D eigenvalue weighted by Crippen LogP contribution is -2.41. The van der Waals surface area contributed by atoms with Crippen LogP contribution >= 0.6 is 0 Å². The Labute approximate surface area is 104 Å². The molecule has 1 aromatic rings. The number of carbonyl (C=O) groups is 1. The Morgan fingerprint density at radius 1 is 1.29 bits per heavy atom. The molecule has 1 aromatic carbocycles. The highest BCUT2D eigenvalue weighted by Gasteiger charge is 2.16.